The second kappa shape index (κ2) is 6.49. The molecule has 0 aliphatic carbocycles. The average molecular weight is 322 g/mol. The van der Waals surface area contributed by atoms with Crippen LogP contribution in [0.1, 0.15) is 12.0 Å². The summed E-state index contributed by atoms with van der Waals surface area (Å²) in [4.78, 5) is 9.99. The van der Waals surface area contributed by atoms with Gasteiger partial charge in [-0.05, 0) is 12.0 Å². The van der Waals surface area contributed by atoms with E-state index in [1.807, 2.05) is 0 Å². The molecule has 9 heteroatoms. The summed E-state index contributed by atoms with van der Waals surface area (Å²) in [7, 11) is -3.40. The Morgan fingerprint density at radius 1 is 1.35 bits per heavy atom. The molecule has 1 saturated heterocycles. The number of nitrogens with zero attached hydrogens (tertiary/aromatic N) is 2. The molecule has 112 valence electrons. The van der Waals surface area contributed by atoms with Gasteiger partial charge in [-0.2, -0.15) is 0 Å². The third kappa shape index (κ3) is 3.89. The van der Waals surface area contributed by atoms with Gasteiger partial charge in [-0.15, -0.1) is 12.4 Å². The standard InChI is InChI=1S/C11H15N3O4S.ClH/c12-10-5-6-13(7-10)19(17,18)8-9-1-3-11(4-2-9)14(15)16;/h1-4,10H,5-8,12H2;1H/t10-;/m0./s1. The first kappa shape index (κ1) is 16.8. The molecule has 1 aliphatic rings. The van der Waals surface area contributed by atoms with Gasteiger partial charge in [0.05, 0.1) is 10.7 Å². The maximum Gasteiger partial charge on any atom is 0.269 e. The molecule has 0 bridgehead atoms. The lowest BCUT2D eigenvalue weighted by Crippen LogP contribution is -2.32. The second-order valence-electron chi connectivity index (χ2n) is 4.59. The maximum atomic E-state index is 12.1. The van der Waals surface area contributed by atoms with Crippen LogP contribution in [0.3, 0.4) is 0 Å². The smallest absolute Gasteiger partial charge is 0.269 e. The minimum atomic E-state index is -3.40. The summed E-state index contributed by atoms with van der Waals surface area (Å²) >= 11 is 0. The van der Waals surface area contributed by atoms with Crippen LogP contribution in [0, 0.1) is 10.1 Å². The van der Waals surface area contributed by atoms with Gasteiger partial charge in [-0.3, -0.25) is 10.1 Å². The van der Waals surface area contributed by atoms with E-state index in [1.165, 1.54) is 28.6 Å². The molecule has 0 amide bonds. The number of benzene rings is 1. The molecule has 1 heterocycles. The molecule has 0 aromatic heterocycles. The Hall–Kier alpha value is -1.22. The van der Waals surface area contributed by atoms with E-state index >= 15 is 0 Å². The molecular formula is C11H16ClN3O4S. The Balaban J connectivity index is 0.00000200. The van der Waals surface area contributed by atoms with Gasteiger partial charge in [0, 0.05) is 31.3 Å². The van der Waals surface area contributed by atoms with Crippen LogP contribution in [0.15, 0.2) is 24.3 Å². The number of sulfonamides is 1. The van der Waals surface area contributed by atoms with Crippen molar-refractivity contribution in [1.29, 1.82) is 0 Å². The molecular weight excluding hydrogens is 306 g/mol. The van der Waals surface area contributed by atoms with Crippen LogP contribution in [0.5, 0.6) is 0 Å². The number of nitro groups is 1. The maximum absolute atomic E-state index is 12.1. The lowest BCUT2D eigenvalue weighted by Gasteiger charge is -2.15. The van der Waals surface area contributed by atoms with Gasteiger partial charge >= 0.3 is 0 Å². The monoisotopic (exact) mass is 321 g/mol. The van der Waals surface area contributed by atoms with Crippen LogP contribution in [-0.2, 0) is 15.8 Å². The van der Waals surface area contributed by atoms with Crippen LogP contribution in [0.2, 0.25) is 0 Å². The molecule has 2 rings (SSSR count). The fourth-order valence-electron chi connectivity index (χ4n) is 2.02. The number of nitrogens with two attached hydrogens (primary N) is 1. The van der Waals surface area contributed by atoms with E-state index < -0.39 is 14.9 Å². The predicted octanol–water partition coefficient (Wildman–Crippen LogP) is 0.879. The summed E-state index contributed by atoms with van der Waals surface area (Å²) in [5.74, 6) is -0.155. The fraction of sp³-hybridized carbons (Fsp3) is 0.455. The third-order valence-electron chi connectivity index (χ3n) is 3.08. The third-order valence-corrected chi connectivity index (χ3v) is 4.89. The van der Waals surface area contributed by atoms with Crippen molar-refractivity contribution in [2.24, 2.45) is 5.73 Å². The minimum absolute atomic E-state index is 0. The Labute approximate surface area is 123 Å². The number of hydrogen-bond donors (Lipinski definition) is 1. The second-order valence-corrected chi connectivity index (χ2v) is 6.56. The predicted molar refractivity (Wildman–Crippen MR) is 77.1 cm³/mol. The van der Waals surface area contributed by atoms with Crippen molar-refractivity contribution >= 4 is 28.1 Å². The number of rotatable bonds is 4. The zero-order valence-corrected chi connectivity index (χ0v) is 12.3. The van der Waals surface area contributed by atoms with Crippen LogP contribution in [0.25, 0.3) is 0 Å². The number of nitro benzene ring substituents is 1. The molecule has 1 aromatic carbocycles. The van der Waals surface area contributed by atoms with Crippen molar-refractivity contribution in [3.05, 3.63) is 39.9 Å². The highest BCUT2D eigenvalue weighted by atomic mass is 35.5. The summed E-state index contributed by atoms with van der Waals surface area (Å²) in [5.41, 5.74) is 6.17. The van der Waals surface area contributed by atoms with Gasteiger partial charge < -0.3 is 5.73 Å². The molecule has 1 atom stereocenters. The Morgan fingerprint density at radius 2 is 1.95 bits per heavy atom. The van der Waals surface area contributed by atoms with E-state index in [4.69, 9.17) is 5.73 Å². The number of halogens is 1. The summed E-state index contributed by atoms with van der Waals surface area (Å²) < 4.78 is 25.6. The van der Waals surface area contributed by atoms with Crippen molar-refractivity contribution in [2.75, 3.05) is 13.1 Å². The zero-order valence-electron chi connectivity index (χ0n) is 10.6. The SMILES string of the molecule is Cl.N[C@H]1CCN(S(=O)(=O)Cc2ccc([N+](=O)[O-])cc2)C1. The van der Waals surface area contributed by atoms with E-state index in [0.717, 1.165) is 0 Å². The van der Waals surface area contributed by atoms with Crippen LogP contribution >= 0.6 is 12.4 Å². The first-order valence-electron chi connectivity index (χ1n) is 5.85. The Kier molecular flexibility index (Phi) is 5.46. The molecule has 0 unspecified atom stereocenters. The highest BCUT2D eigenvalue weighted by Crippen LogP contribution is 2.18. The topological polar surface area (TPSA) is 107 Å². The fourth-order valence-corrected chi connectivity index (χ4v) is 3.62. The molecule has 1 fully saturated rings. The summed E-state index contributed by atoms with van der Waals surface area (Å²) in [6.07, 6.45) is 0.666. The average Bonchev–Trinajstić information content (AvgIpc) is 2.77. The summed E-state index contributed by atoms with van der Waals surface area (Å²) in [6, 6.07) is 5.44. The van der Waals surface area contributed by atoms with E-state index in [0.29, 0.717) is 25.1 Å². The molecule has 0 radical (unpaired) electrons. The molecule has 7 nitrogen and oxygen atoms in total. The van der Waals surface area contributed by atoms with Crippen molar-refractivity contribution in [3.8, 4) is 0 Å². The van der Waals surface area contributed by atoms with Crippen LogP contribution in [0.4, 0.5) is 5.69 Å². The van der Waals surface area contributed by atoms with Gasteiger partial charge in [0.15, 0.2) is 0 Å². The number of non-ortho nitro benzene ring substituents is 1. The van der Waals surface area contributed by atoms with Gasteiger partial charge in [0.25, 0.3) is 5.69 Å². The molecule has 20 heavy (non-hydrogen) atoms. The highest BCUT2D eigenvalue weighted by Gasteiger charge is 2.29. The summed E-state index contributed by atoms with van der Waals surface area (Å²) in [6.45, 7) is 0.784. The van der Waals surface area contributed by atoms with Crippen LogP contribution < -0.4 is 5.73 Å². The largest absolute Gasteiger partial charge is 0.326 e. The minimum Gasteiger partial charge on any atom is -0.326 e. The molecule has 2 N–H and O–H groups in total. The summed E-state index contributed by atoms with van der Waals surface area (Å²) in [5, 5.41) is 10.5. The van der Waals surface area contributed by atoms with E-state index in [1.54, 1.807) is 0 Å². The molecule has 1 aromatic rings. The first-order chi connectivity index (χ1) is 8.88. The Bertz CT molecular complexity index is 576. The van der Waals surface area contributed by atoms with Crippen LogP contribution in [-0.4, -0.2) is 36.8 Å². The van der Waals surface area contributed by atoms with Crippen molar-refractivity contribution in [3.63, 3.8) is 0 Å². The van der Waals surface area contributed by atoms with Gasteiger partial charge in [-0.25, -0.2) is 12.7 Å². The quantitative estimate of drug-likeness (QED) is 0.654. The van der Waals surface area contributed by atoms with E-state index in [2.05, 4.69) is 0 Å². The van der Waals surface area contributed by atoms with Gasteiger partial charge in [0.1, 0.15) is 0 Å². The van der Waals surface area contributed by atoms with Crippen molar-refractivity contribution in [1.82, 2.24) is 4.31 Å². The van der Waals surface area contributed by atoms with Gasteiger partial charge in [0.2, 0.25) is 10.0 Å². The van der Waals surface area contributed by atoms with E-state index in [-0.39, 0.29) is 29.9 Å². The normalized spacial score (nSPS) is 19.6. The van der Waals surface area contributed by atoms with E-state index in [9.17, 15) is 18.5 Å². The van der Waals surface area contributed by atoms with Crippen molar-refractivity contribution in [2.45, 2.75) is 18.2 Å². The first-order valence-corrected chi connectivity index (χ1v) is 7.46. The van der Waals surface area contributed by atoms with Gasteiger partial charge in [-0.1, -0.05) is 12.1 Å². The molecule has 0 saturated carbocycles. The van der Waals surface area contributed by atoms with Crippen molar-refractivity contribution < 1.29 is 13.3 Å². The Morgan fingerprint density at radius 3 is 2.40 bits per heavy atom. The lowest BCUT2D eigenvalue weighted by atomic mass is 10.2. The highest BCUT2D eigenvalue weighted by molar-refractivity contribution is 7.88. The molecule has 0 spiro atoms. The molecule has 1 aliphatic heterocycles. The zero-order chi connectivity index (χ0) is 14.0. The lowest BCUT2D eigenvalue weighted by molar-refractivity contribution is -0.384. The number of hydrogen-bond acceptors (Lipinski definition) is 5.